The van der Waals surface area contributed by atoms with E-state index in [0.29, 0.717) is 29.9 Å². The van der Waals surface area contributed by atoms with E-state index in [-0.39, 0.29) is 11.4 Å². The summed E-state index contributed by atoms with van der Waals surface area (Å²) in [5, 5.41) is 13.1. The van der Waals surface area contributed by atoms with E-state index in [1.165, 1.54) is 25.7 Å². The summed E-state index contributed by atoms with van der Waals surface area (Å²) in [5.74, 6) is 1.91. The monoisotopic (exact) mass is 516 g/mol. The molecule has 9 heteroatoms. The Labute approximate surface area is 222 Å². The number of hydrogen-bond donors (Lipinski definition) is 3. The highest BCUT2D eigenvalue weighted by atomic mass is 16.5. The fourth-order valence-electron chi connectivity index (χ4n) is 4.63. The van der Waals surface area contributed by atoms with E-state index in [1.807, 2.05) is 67.8 Å². The average molecular weight is 517 g/mol. The Morgan fingerprint density at radius 3 is 2.74 bits per heavy atom. The van der Waals surface area contributed by atoms with Gasteiger partial charge in [0.15, 0.2) is 5.82 Å². The molecule has 1 unspecified atom stereocenters. The molecule has 3 N–H and O–H groups in total. The van der Waals surface area contributed by atoms with Crippen molar-refractivity contribution in [3.63, 3.8) is 0 Å². The van der Waals surface area contributed by atoms with Crippen LogP contribution < -0.4 is 20.7 Å². The minimum atomic E-state index is -0.387. The second kappa shape index (κ2) is 11.3. The first-order valence-electron chi connectivity index (χ1n) is 13.3. The first-order chi connectivity index (χ1) is 18.3. The Bertz CT molecular complexity index is 1360. The molecule has 1 saturated heterocycles. The largest absolute Gasteiger partial charge is 0.493 e. The Kier molecular flexibility index (Phi) is 7.64. The van der Waals surface area contributed by atoms with Gasteiger partial charge in [-0.3, -0.25) is 9.88 Å². The van der Waals surface area contributed by atoms with Crippen LogP contribution in [0.3, 0.4) is 0 Å². The summed E-state index contributed by atoms with van der Waals surface area (Å²) < 4.78 is 13.4. The molecule has 0 spiro atoms. The van der Waals surface area contributed by atoms with E-state index in [0.717, 1.165) is 35.4 Å². The first-order valence-corrected chi connectivity index (χ1v) is 13.3. The molecule has 1 aliphatic rings. The average Bonchev–Trinajstić information content (AvgIpc) is 3.45. The number of aromatic nitrogens is 3. The van der Waals surface area contributed by atoms with Crippen molar-refractivity contribution in [1.82, 2.24) is 20.0 Å². The minimum Gasteiger partial charge on any atom is -0.493 e. The highest BCUT2D eigenvalue weighted by Gasteiger charge is 2.20. The SMILES string of the molecule is CC(C)(C)c1cc(NC(=O)Nc2ccc(-n3cnc4cc(OCCC5CCCCCN5)ccc43)cc2)no1. The van der Waals surface area contributed by atoms with E-state index in [2.05, 4.69) is 26.1 Å². The van der Waals surface area contributed by atoms with Crippen LogP contribution in [0.15, 0.2) is 59.4 Å². The third-order valence-corrected chi connectivity index (χ3v) is 6.81. The van der Waals surface area contributed by atoms with Gasteiger partial charge in [-0.05, 0) is 62.2 Å². The summed E-state index contributed by atoms with van der Waals surface area (Å²) in [6, 6.07) is 15.5. The molecule has 9 nitrogen and oxygen atoms in total. The van der Waals surface area contributed by atoms with Gasteiger partial charge in [0, 0.05) is 35.0 Å². The number of anilines is 2. The van der Waals surface area contributed by atoms with Crippen LogP contribution in [0.2, 0.25) is 0 Å². The second-order valence-electron chi connectivity index (χ2n) is 10.9. The highest BCUT2D eigenvalue weighted by Crippen LogP contribution is 2.26. The molecular weight excluding hydrogens is 480 g/mol. The van der Waals surface area contributed by atoms with Crippen LogP contribution in [-0.2, 0) is 5.41 Å². The van der Waals surface area contributed by atoms with E-state index >= 15 is 0 Å². The van der Waals surface area contributed by atoms with E-state index < -0.39 is 0 Å². The Morgan fingerprint density at radius 2 is 1.95 bits per heavy atom. The van der Waals surface area contributed by atoms with Gasteiger partial charge in [0.2, 0.25) is 0 Å². The Hall–Kier alpha value is -3.85. The zero-order chi connectivity index (χ0) is 26.5. The number of hydrogen-bond acceptors (Lipinski definition) is 6. The predicted octanol–water partition coefficient (Wildman–Crippen LogP) is 6.26. The highest BCUT2D eigenvalue weighted by molar-refractivity contribution is 5.99. The van der Waals surface area contributed by atoms with Crippen LogP contribution in [0.1, 0.15) is 58.6 Å². The van der Waals surface area contributed by atoms with Crippen molar-refractivity contribution >= 4 is 28.6 Å². The Morgan fingerprint density at radius 1 is 1.11 bits per heavy atom. The molecule has 1 atom stereocenters. The molecule has 3 heterocycles. The number of rotatable bonds is 7. The molecule has 2 aromatic heterocycles. The van der Waals surface area contributed by atoms with Gasteiger partial charge in [-0.15, -0.1) is 0 Å². The van der Waals surface area contributed by atoms with Gasteiger partial charge >= 0.3 is 6.03 Å². The maximum absolute atomic E-state index is 12.4. The van der Waals surface area contributed by atoms with Crippen LogP contribution in [0, 0.1) is 0 Å². The summed E-state index contributed by atoms with van der Waals surface area (Å²) >= 11 is 0. The topological polar surface area (TPSA) is 106 Å². The Balaban J connectivity index is 1.17. The van der Waals surface area contributed by atoms with Crippen molar-refractivity contribution in [2.45, 2.75) is 64.3 Å². The summed E-state index contributed by atoms with van der Waals surface area (Å²) in [5.41, 5.74) is 3.28. The van der Waals surface area contributed by atoms with Gasteiger partial charge < -0.3 is 19.9 Å². The van der Waals surface area contributed by atoms with Crippen molar-refractivity contribution in [1.29, 1.82) is 0 Å². The minimum absolute atomic E-state index is 0.183. The van der Waals surface area contributed by atoms with Crippen LogP contribution in [-0.4, -0.2) is 39.9 Å². The number of amides is 2. The molecule has 0 saturated carbocycles. The van der Waals surface area contributed by atoms with Crippen LogP contribution >= 0.6 is 0 Å². The van der Waals surface area contributed by atoms with Gasteiger partial charge in [-0.2, -0.15) is 0 Å². The number of carbonyl (C=O) groups excluding carboxylic acids is 1. The van der Waals surface area contributed by atoms with Crippen molar-refractivity contribution < 1.29 is 14.1 Å². The molecule has 5 rings (SSSR count). The molecule has 2 amide bonds. The predicted molar refractivity (Wildman–Crippen MR) is 149 cm³/mol. The summed E-state index contributed by atoms with van der Waals surface area (Å²) in [6.45, 7) is 7.87. The summed E-state index contributed by atoms with van der Waals surface area (Å²) in [6.07, 6.45) is 7.93. The lowest BCUT2D eigenvalue weighted by molar-refractivity contribution is 0.262. The van der Waals surface area contributed by atoms with Crippen LogP contribution in [0.4, 0.5) is 16.3 Å². The quantitative estimate of drug-likeness (QED) is 0.268. The number of imidazole rings is 1. The number of urea groups is 1. The van der Waals surface area contributed by atoms with Crippen molar-refractivity contribution in [2.24, 2.45) is 0 Å². The molecule has 4 aromatic rings. The van der Waals surface area contributed by atoms with Crippen molar-refractivity contribution in [3.05, 3.63) is 60.6 Å². The molecule has 2 aromatic carbocycles. The number of carbonyl (C=O) groups is 1. The van der Waals surface area contributed by atoms with Gasteiger partial charge in [-0.1, -0.05) is 38.8 Å². The van der Waals surface area contributed by atoms with Gasteiger partial charge in [-0.25, -0.2) is 9.78 Å². The fourth-order valence-corrected chi connectivity index (χ4v) is 4.63. The number of nitrogens with zero attached hydrogens (tertiary/aromatic N) is 3. The number of ether oxygens (including phenoxy) is 1. The standard InChI is InChI=1S/C29H36N6O3/c1-29(2,3)26-18-27(34-38-26)33-28(36)32-21-8-10-22(11-9-21)35-19-31-24-17-23(12-13-25(24)35)37-16-14-20-7-5-4-6-15-30-20/h8-13,17-20,30H,4-7,14-16H2,1-3H3,(H2,32,33,34,36). The third kappa shape index (κ3) is 6.34. The lowest BCUT2D eigenvalue weighted by atomic mass is 9.93. The smallest absolute Gasteiger partial charge is 0.324 e. The molecule has 0 aliphatic carbocycles. The molecule has 1 aliphatic heterocycles. The lowest BCUT2D eigenvalue weighted by Gasteiger charge is -2.16. The lowest BCUT2D eigenvalue weighted by Crippen LogP contribution is -2.29. The molecule has 1 fully saturated rings. The molecule has 0 radical (unpaired) electrons. The van der Waals surface area contributed by atoms with Crippen LogP contribution in [0.5, 0.6) is 5.75 Å². The normalized spacial score (nSPS) is 16.2. The maximum Gasteiger partial charge on any atom is 0.324 e. The zero-order valence-electron chi connectivity index (χ0n) is 22.3. The molecule has 38 heavy (non-hydrogen) atoms. The summed E-state index contributed by atoms with van der Waals surface area (Å²) in [7, 11) is 0. The molecular formula is C29H36N6O3. The van der Waals surface area contributed by atoms with Gasteiger partial charge in [0.1, 0.15) is 17.8 Å². The fraction of sp³-hybridized carbons (Fsp3) is 0.414. The van der Waals surface area contributed by atoms with Crippen molar-refractivity contribution in [3.8, 4) is 11.4 Å². The number of benzene rings is 2. The van der Waals surface area contributed by atoms with E-state index in [4.69, 9.17) is 9.26 Å². The maximum atomic E-state index is 12.4. The third-order valence-electron chi connectivity index (χ3n) is 6.81. The van der Waals surface area contributed by atoms with E-state index in [9.17, 15) is 4.79 Å². The number of nitrogens with one attached hydrogen (secondary N) is 3. The molecule has 200 valence electrons. The zero-order valence-corrected chi connectivity index (χ0v) is 22.3. The number of fused-ring (bicyclic) bond motifs is 1. The van der Waals surface area contributed by atoms with Crippen LogP contribution in [0.25, 0.3) is 16.7 Å². The van der Waals surface area contributed by atoms with Crippen molar-refractivity contribution in [2.75, 3.05) is 23.8 Å². The molecule has 0 bridgehead atoms. The van der Waals surface area contributed by atoms with E-state index in [1.54, 1.807) is 12.4 Å². The van der Waals surface area contributed by atoms with Gasteiger partial charge in [0.05, 0.1) is 17.6 Å². The van der Waals surface area contributed by atoms with Gasteiger partial charge in [0.25, 0.3) is 0 Å². The first kappa shape index (κ1) is 25.8. The summed E-state index contributed by atoms with van der Waals surface area (Å²) in [4.78, 5) is 17.0. The second-order valence-corrected chi connectivity index (χ2v) is 10.9.